The molecule has 2 aliphatic heterocycles. The van der Waals surface area contributed by atoms with Crippen LogP contribution >= 0.6 is 11.6 Å². The summed E-state index contributed by atoms with van der Waals surface area (Å²) in [5, 5.41) is 0.577. The van der Waals surface area contributed by atoms with Crippen molar-refractivity contribution < 1.29 is 14.4 Å². The molecule has 3 aliphatic rings. The highest BCUT2D eigenvalue weighted by molar-refractivity contribution is 6.32. The topological polar surface area (TPSA) is 54.5 Å². The molecule has 208 valence electrons. The van der Waals surface area contributed by atoms with E-state index in [9.17, 15) is 14.4 Å². The molecule has 4 aromatic rings. The quantitative estimate of drug-likeness (QED) is 0.183. The zero-order chi connectivity index (χ0) is 29.3. The second-order valence-electron chi connectivity index (χ2n) is 12.0. The fourth-order valence-corrected chi connectivity index (χ4v) is 7.48. The molecular weight excluding hydrogens is 542 g/mol. The predicted molar refractivity (Wildman–Crippen MR) is 167 cm³/mol. The maximum absolute atomic E-state index is 14.8. The van der Waals surface area contributed by atoms with E-state index in [4.69, 9.17) is 11.6 Å². The molecule has 7 rings (SSSR count). The van der Waals surface area contributed by atoms with Crippen molar-refractivity contribution in [3.05, 3.63) is 141 Å². The van der Waals surface area contributed by atoms with Gasteiger partial charge in [-0.1, -0.05) is 116 Å². The van der Waals surface area contributed by atoms with E-state index in [1.165, 1.54) is 0 Å². The third-order valence-electron chi connectivity index (χ3n) is 9.33. The molecule has 3 atom stereocenters. The molecule has 1 fully saturated rings. The summed E-state index contributed by atoms with van der Waals surface area (Å²) < 4.78 is 0. The minimum atomic E-state index is -1.51. The van der Waals surface area contributed by atoms with Crippen LogP contribution in [-0.2, 0) is 0 Å². The fourth-order valence-electron chi connectivity index (χ4n) is 7.30. The van der Waals surface area contributed by atoms with Crippen molar-refractivity contribution in [1.29, 1.82) is 0 Å². The number of ketones is 3. The van der Waals surface area contributed by atoms with Crippen molar-refractivity contribution in [3.8, 4) is 0 Å². The van der Waals surface area contributed by atoms with E-state index >= 15 is 0 Å². The number of benzene rings is 4. The standard InChI is InChI=1S/C37H30ClNO3/c1-21(2)23-12-14-24(15-13-23)32-33(34(40)25-10-8-22(3)9-11-25)39-30-18-17-27(38)20-26(30)16-19-31(39)37(32)35(41)28-6-4-5-7-29(28)36(37)42/h4-21,31-33H,1-3H3/t31-,32-,33+/m1/s1. The second-order valence-corrected chi connectivity index (χ2v) is 12.4. The lowest BCUT2D eigenvalue weighted by atomic mass is 9.64. The number of Topliss-reactive ketones (excluding diaryl/α,β-unsaturated/α-hetero) is 3. The lowest BCUT2D eigenvalue weighted by Crippen LogP contribution is -2.48. The summed E-state index contributed by atoms with van der Waals surface area (Å²) in [6.45, 7) is 6.24. The number of fused-ring (bicyclic) bond motifs is 5. The molecule has 0 radical (unpaired) electrons. The average Bonchev–Trinajstić information content (AvgIpc) is 3.43. The normalized spacial score (nSPS) is 21.5. The SMILES string of the molecule is Cc1ccc(C(=O)[C@@H]2[C@@H](c3ccc(C(C)C)cc3)C3(C(=O)c4ccccc4C3=O)[C@H]3C=Cc4cc(Cl)ccc4N23)cc1. The summed E-state index contributed by atoms with van der Waals surface area (Å²) in [5.41, 5.74) is 4.51. The van der Waals surface area contributed by atoms with Crippen LogP contribution in [0.2, 0.25) is 5.02 Å². The summed E-state index contributed by atoms with van der Waals surface area (Å²) in [5.74, 6) is -0.986. The van der Waals surface area contributed by atoms with E-state index in [1.807, 2.05) is 72.5 Å². The highest BCUT2D eigenvalue weighted by Crippen LogP contribution is 2.61. The lowest BCUT2D eigenvalue weighted by molar-refractivity contribution is 0.0666. The number of anilines is 1. The highest BCUT2D eigenvalue weighted by Gasteiger charge is 2.71. The Morgan fingerprint density at radius 3 is 2.12 bits per heavy atom. The van der Waals surface area contributed by atoms with E-state index in [1.54, 1.807) is 30.3 Å². The van der Waals surface area contributed by atoms with Gasteiger partial charge in [-0.25, -0.2) is 0 Å². The Morgan fingerprint density at radius 2 is 1.50 bits per heavy atom. The van der Waals surface area contributed by atoms with Crippen LogP contribution in [0, 0.1) is 12.3 Å². The van der Waals surface area contributed by atoms with Crippen LogP contribution in [0.4, 0.5) is 5.69 Å². The predicted octanol–water partition coefficient (Wildman–Crippen LogP) is 8.09. The minimum absolute atomic E-state index is 0.123. The first-order valence-corrected chi connectivity index (χ1v) is 14.8. The number of rotatable bonds is 4. The number of halogens is 1. The molecule has 0 saturated carbocycles. The van der Waals surface area contributed by atoms with Crippen LogP contribution < -0.4 is 4.90 Å². The first-order valence-electron chi connectivity index (χ1n) is 14.4. The molecule has 4 aromatic carbocycles. The molecule has 1 spiro atoms. The van der Waals surface area contributed by atoms with E-state index in [-0.39, 0.29) is 17.3 Å². The smallest absolute Gasteiger partial charge is 0.185 e. The first-order chi connectivity index (χ1) is 20.2. The van der Waals surface area contributed by atoms with Gasteiger partial charge in [0.1, 0.15) is 11.5 Å². The number of nitrogens with zero attached hydrogens (tertiary/aromatic N) is 1. The van der Waals surface area contributed by atoms with Crippen molar-refractivity contribution >= 4 is 40.7 Å². The van der Waals surface area contributed by atoms with Crippen molar-refractivity contribution in [2.24, 2.45) is 5.41 Å². The van der Waals surface area contributed by atoms with Gasteiger partial charge in [0, 0.05) is 33.3 Å². The Bertz CT molecular complexity index is 1770. The van der Waals surface area contributed by atoms with E-state index in [2.05, 4.69) is 26.0 Å². The van der Waals surface area contributed by atoms with Gasteiger partial charge in [0.15, 0.2) is 17.3 Å². The van der Waals surface area contributed by atoms with E-state index in [0.717, 1.165) is 27.9 Å². The Morgan fingerprint density at radius 1 is 0.857 bits per heavy atom. The summed E-state index contributed by atoms with van der Waals surface area (Å²) in [7, 11) is 0. The van der Waals surface area contributed by atoms with Gasteiger partial charge < -0.3 is 4.90 Å². The molecule has 0 amide bonds. The van der Waals surface area contributed by atoms with Crippen molar-refractivity contribution in [2.75, 3.05) is 4.90 Å². The summed E-state index contributed by atoms with van der Waals surface area (Å²) in [6.07, 6.45) is 3.86. The molecule has 42 heavy (non-hydrogen) atoms. The van der Waals surface area contributed by atoms with Gasteiger partial charge in [0.05, 0.1) is 6.04 Å². The summed E-state index contributed by atoms with van der Waals surface area (Å²) in [4.78, 5) is 46.3. The van der Waals surface area contributed by atoms with Crippen LogP contribution in [0.15, 0.2) is 97.1 Å². The molecule has 4 nitrogen and oxygen atoms in total. The number of carbonyl (C=O) groups excluding carboxylic acids is 3. The second kappa shape index (κ2) is 9.64. The summed E-state index contributed by atoms with van der Waals surface area (Å²) in [6, 6.07) is 26.8. The fraction of sp³-hybridized carbons (Fsp3) is 0.216. The Balaban J connectivity index is 1.53. The molecule has 5 heteroatoms. The minimum Gasteiger partial charge on any atom is -0.352 e. The Kier molecular flexibility index (Phi) is 6.11. The molecule has 1 aliphatic carbocycles. The van der Waals surface area contributed by atoms with Gasteiger partial charge >= 0.3 is 0 Å². The third kappa shape index (κ3) is 3.64. The van der Waals surface area contributed by atoms with Crippen molar-refractivity contribution in [1.82, 2.24) is 0 Å². The largest absolute Gasteiger partial charge is 0.352 e. The summed E-state index contributed by atoms with van der Waals surface area (Å²) >= 11 is 6.39. The molecule has 0 N–H and O–H groups in total. The molecule has 0 aromatic heterocycles. The van der Waals surface area contributed by atoms with Crippen molar-refractivity contribution in [2.45, 2.75) is 44.7 Å². The zero-order valence-corrected chi connectivity index (χ0v) is 24.4. The van der Waals surface area contributed by atoms with Crippen LogP contribution in [0.5, 0.6) is 0 Å². The van der Waals surface area contributed by atoms with Gasteiger partial charge in [-0.2, -0.15) is 0 Å². The van der Waals surface area contributed by atoms with E-state index in [0.29, 0.717) is 27.6 Å². The van der Waals surface area contributed by atoms with Gasteiger partial charge in [-0.3, -0.25) is 14.4 Å². The van der Waals surface area contributed by atoms with Crippen LogP contribution in [0.25, 0.3) is 6.08 Å². The van der Waals surface area contributed by atoms with Gasteiger partial charge in [-0.15, -0.1) is 0 Å². The zero-order valence-electron chi connectivity index (χ0n) is 23.7. The Hall–Kier alpha value is -4.28. The Labute approximate surface area is 250 Å². The van der Waals surface area contributed by atoms with E-state index < -0.39 is 23.4 Å². The maximum Gasteiger partial charge on any atom is 0.185 e. The monoisotopic (exact) mass is 571 g/mol. The van der Waals surface area contributed by atoms with Crippen LogP contribution in [0.1, 0.15) is 79.0 Å². The number of aryl methyl sites for hydroxylation is 1. The highest BCUT2D eigenvalue weighted by atomic mass is 35.5. The van der Waals surface area contributed by atoms with Crippen LogP contribution in [-0.4, -0.2) is 29.4 Å². The van der Waals surface area contributed by atoms with Crippen LogP contribution in [0.3, 0.4) is 0 Å². The average molecular weight is 572 g/mol. The molecule has 1 saturated heterocycles. The molecule has 2 heterocycles. The van der Waals surface area contributed by atoms with Gasteiger partial charge in [0.2, 0.25) is 0 Å². The van der Waals surface area contributed by atoms with Crippen molar-refractivity contribution in [3.63, 3.8) is 0 Å². The van der Waals surface area contributed by atoms with Gasteiger partial charge in [-0.05, 0) is 47.7 Å². The number of carbonyl (C=O) groups is 3. The lowest BCUT2D eigenvalue weighted by Gasteiger charge is -2.37. The number of hydrogen-bond acceptors (Lipinski definition) is 4. The first kappa shape index (κ1) is 26.6. The number of hydrogen-bond donors (Lipinski definition) is 0. The van der Waals surface area contributed by atoms with Gasteiger partial charge in [0.25, 0.3) is 0 Å². The molecule has 0 bridgehead atoms. The molecule has 0 unspecified atom stereocenters. The molecular formula is C37H30ClNO3. The maximum atomic E-state index is 14.8. The third-order valence-corrected chi connectivity index (χ3v) is 9.57.